The molecule has 0 saturated carbocycles. The highest BCUT2D eigenvalue weighted by atomic mass is 35.5. The fourth-order valence-electron chi connectivity index (χ4n) is 2.01. The van der Waals surface area contributed by atoms with Crippen molar-refractivity contribution in [1.29, 1.82) is 0 Å². The van der Waals surface area contributed by atoms with E-state index < -0.39 is 0 Å². The van der Waals surface area contributed by atoms with Gasteiger partial charge in [0.2, 0.25) is 0 Å². The first kappa shape index (κ1) is 15.5. The zero-order chi connectivity index (χ0) is 15.1. The number of ether oxygens (including phenoxy) is 1. The number of hydrogen-bond donors (Lipinski definition) is 1. The van der Waals surface area contributed by atoms with Gasteiger partial charge in [-0.1, -0.05) is 30.3 Å². The summed E-state index contributed by atoms with van der Waals surface area (Å²) in [4.78, 5) is 12.3. The van der Waals surface area contributed by atoms with Crippen LogP contribution in [0.4, 0.5) is 5.69 Å². The maximum Gasteiger partial charge on any atom is 0.255 e. The van der Waals surface area contributed by atoms with Gasteiger partial charge in [0.1, 0.15) is 0 Å². The number of hydrogen-bond acceptors (Lipinski definition) is 2. The molecule has 0 spiro atoms. The average Bonchev–Trinajstić information content (AvgIpc) is 2.54. The standard InChI is InChI=1S/C17H18ClNO2/c1-21-11-10-14-4-2-3-5-16(14)19-17(20)15-8-6-13(12-18)7-9-15/h2-9H,10-12H2,1H3,(H,19,20). The van der Waals surface area contributed by atoms with Crippen molar-refractivity contribution >= 4 is 23.2 Å². The summed E-state index contributed by atoms with van der Waals surface area (Å²) in [5.41, 5.74) is 3.49. The van der Waals surface area contributed by atoms with Crippen molar-refractivity contribution in [3.8, 4) is 0 Å². The molecule has 2 aromatic rings. The minimum atomic E-state index is -0.124. The third-order valence-electron chi connectivity index (χ3n) is 3.21. The van der Waals surface area contributed by atoms with Gasteiger partial charge >= 0.3 is 0 Å². The monoisotopic (exact) mass is 303 g/mol. The topological polar surface area (TPSA) is 38.3 Å². The van der Waals surface area contributed by atoms with Gasteiger partial charge in [0.25, 0.3) is 5.91 Å². The molecule has 0 atom stereocenters. The number of anilines is 1. The van der Waals surface area contributed by atoms with Gasteiger partial charge in [-0.2, -0.15) is 0 Å². The number of carbonyl (C=O) groups excluding carboxylic acids is 1. The second-order valence-corrected chi connectivity index (χ2v) is 4.95. The van der Waals surface area contributed by atoms with Crippen LogP contribution in [0.3, 0.4) is 0 Å². The summed E-state index contributed by atoms with van der Waals surface area (Å²) in [5.74, 6) is 0.322. The number of nitrogens with one attached hydrogen (secondary N) is 1. The van der Waals surface area contributed by atoms with E-state index in [1.165, 1.54) is 0 Å². The average molecular weight is 304 g/mol. The van der Waals surface area contributed by atoms with E-state index in [0.717, 1.165) is 23.2 Å². The second kappa shape index (κ2) is 7.81. The first-order valence-corrected chi connectivity index (χ1v) is 7.31. The highest BCUT2D eigenvalue weighted by molar-refractivity contribution is 6.17. The van der Waals surface area contributed by atoms with Gasteiger partial charge in [-0.05, 0) is 35.7 Å². The highest BCUT2D eigenvalue weighted by Gasteiger charge is 2.08. The van der Waals surface area contributed by atoms with Crippen LogP contribution >= 0.6 is 11.6 Å². The molecule has 0 heterocycles. The van der Waals surface area contributed by atoms with Crippen LogP contribution in [0.1, 0.15) is 21.5 Å². The molecule has 2 rings (SSSR count). The molecule has 0 aliphatic carbocycles. The highest BCUT2D eigenvalue weighted by Crippen LogP contribution is 2.17. The van der Waals surface area contributed by atoms with Crippen LogP contribution in [0.5, 0.6) is 0 Å². The molecular formula is C17H18ClNO2. The van der Waals surface area contributed by atoms with Crippen molar-refractivity contribution < 1.29 is 9.53 Å². The minimum absolute atomic E-state index is 0.124. The second-order valence-electron chi connectivity index (χ2n) is 4.68. The Kier molecular flexibility index (Phi) is 5.78. The van der Waals surface area contributed by atoms with Crippen molar-refractivity contribution in [1.82, 2.24) is 0 Å². The molecule has 0 aliphatic rings. The molecule has 1 amide bonds. The maximum absolute atomic E-state index is 12.3. The molecule has 2 aromatic carbocycles. The Morgan fingerprint density at radius 3 is 2.52 bits per heavy atom. The summed E-state index contributed by atoms with van der Waals surface area (Å²) in [6.45, 7) is 0.622. The van der Waals surface area contributed by atoms with Gasteiger partial charge in [0.05, 0.1) is 6.61 Å². The molecule has 21 heavy (non-hydrogen) atoms. The van der Waals surface area contributed by atoms with Crippen LogP contribution in [0.25, 0.3) is 0 Å². The lowest BCUT2D eigenvalue weighted by molar-refractivity contribution is 0.102. The minimum Gasteiger partial charge on any atom is -0.384 e. The molecule has 0 radical (unpaired) electrons. The van der Waals surface area contributed by atoms with E-state index in [-0.39, 0.29) is 5.91 Å². The molecule has 0 aliphatic heterocycles. The fraction of sp³-hybridized carbons (Fsp3) is 0.235. The van der Waals surface area contributed by atoms with Crippen molar-refractivity contribution in [3.05, 3.63) is 65.2 Å². The van der Waals surface area contributed by atoms with Crippen molar-refractivity contribution in [3.63, 3.8) is 0 Å². The quantitative estimate of drug-likeness (QED) is 0.823. The van der Waals surface area contributed by atoms with E-state index in [1.54, 1.807) is 19.2 Å². The molecular weight excluding hydrogens is 286 g/mol. The van der Waals surface area contributed by atoms with Crippen LogP contribution < -0.4 is 5.32 Å². The predicted octanol–water partition coefficient (Wildman–Crippen LogP) is 3.87. The number of halogens is 1. The summed E-state index contributed by atoms with van der Waals surface area (Å²) in [6.07, 6.45) is 0.762. The smallest absolute Gasteiger partial charge is 0.255 e. The summed E-state index contributed by atoms with van der Waals surface area (Å²) < 4.78 is 5.09. The van der Waals surface area contributed by atoms with Crippen molar-refractivity contribution in [2.45, 2.75) is 12.3 Å². The molecule has 3 nitrogen and oxygen atoms in total. The molecule has 110 valence electrons. The lowest BCUT2D eigenvalue weighted by Crippen LogP contribution is -2.13. The number of carbonyl (C=O) groups is 1. The van der Waals surface area contributed by atoms with Gasteiger partial charge in [0, 0.05) is 24.2 Å². The van der Waals surface area contributed by atoms with Crippen LogP contribution in [0.2, 0.25) is 0 Å². The SMILES string of the molecule is COCCc1ccccc1NC(=O)c1ccc(CCl)cc1. The molecule has 0 unspecified atom stereocenters. The van der Waals surface area contributed by atoms with Gasteiger partial charge in [-0.25, -0.2) is 0 Å². The van der Waals surface area contributed by atoms with E-state index in [4.69, 9.17) is 16.3 Å². The first-order valence-electron chi connectivity index (χ1n) is 6.77. The largest absolute Gasteiger partial charge is 0.384 e. The van der Waals surface area contributed by atoms with Crippen LogP contribution in [0.15, 0.2) is 48.5 Å². The Morgan fingerprint density at radius 1 is 1.14 bits per heavy atom. The third-order valence-corrected chi connectivity index (χ3v) is 3.52. The Hall–Kier alpha value is -1.84. The van der Waals surface area contributed by atoms with Gasteiger partial charge < -0.3 is 10.1 Å². The number of rotatable bonds is 6. The first-order chi connectivity index (χ1) is 10.2. The lowest BCUT2D eigenvalue weighted by Gasteiger charge is -2.11. The maximum atomic E-state index is 12.3. The Bertz CT molecular complexity index is 596. The number of amides is 1. The zero-order valence-electron chi connectivity index (χ0n) is 11.9. The summed E-state index contributed by atoms with van der Waals surface area (Å²) >= 11 is 5.75. The molecule has 0 aromatic heterocycles. The van der Waals surface area contributed by atoms with Gasteiger partial charge in [0.15, 0.2) is 0 Å². The lowest BCUT2D eigenvalue weighted by atomic mass is 10.1. The van der Waals surface area contributed by atoms with Crippen molar-refractivity contribution in [2.24, 2.45) is 0 Å². The summed E-state index contributed by atoms with van der Waals surface area (Å²) in [7, 11) is 1.67. The van der Waals surface area contributed by atoms with Crippen LogP contribution in [0, 0.1) is 0 Å². The van der Waals surface area contributed by atoms with Crippen molar-refractivity contribution in [2.75, 3.05) is 19.0 Å². The number of methoxy groups -OCH3 is 1. The number of benzene rings is 2. The fourth-order valence-corrected chi connectivity index (χ4v) is 2.19. The molecule has 0 bridgehead atoms. The summed E-state index contributed by atoms with van der Waals surface area (Å²) in [6, 6.07) is 15.0. The van der Waals surface area contributed by atoms with Crippen LogP contribution in [-0.4, -0.2) is 19.6 Å². The normalized spacial score (nSPS) is 10.4. The molecule has 0 fully saturated rings. The Balaban J connectivity index is 2.11. The Labute approximate surface area is 129 Å². The molecule has 1 N–H and O–H groups in total. The zero-order valence-corrected chi connectivity index (χ0v) is 12.7. The van der Waals surface area contributed by atoms with Gasteiger partial charge in [-0.3, -0.25) is 4.79 Å². The molecule has 0 saturated heterocycles. The number of para-hydroxylation sites is 1. The van der Waals surface area contributed by atoms with Gasteiger partial charge in [-0.15, -0.1) is 11.6 Å². The van der Waals surface area contributed by atoms with E-state index in [2.05, 4.69) is 5.32 Å². The predicted molar refractivity (Wildman–Crippen MR) is 86.0 cm³/mol. The Morgan fingerprint density at radius 2 is 1.86 bits per heavy atom. The number of alkyl halides is 1. The van der Waals surface area contributed by atoms with E-state index in [0.29, 0.717) is 18.1 Å². The van der Waals surface area contributed by atoms with E-state index in [1.807, 2.05) is 36.4 Å². The summed E-state index contributed by atoms with van der Waals surface area (Å²) in [5, 5.41) is 2.95. The van der Waals surface area contributed by atoms with Crippen LogP contribution in [-0.2, 0) is 17.0 Å². The van der Waals surface area contributed by atoms with E-state index in [9.17, 15) is 4.79 Å². The third kappa shape index (κ3) is 4.31. The molecule has 4 heteroatoms. The van der Waals surface area contributed by atoms with E-state index >= 15 is 0 Å².